The minimum absolute atomic E-state index is 0.166. The Hall–Kier alpha value is -1.01. The summed E-state index contributed by atoms with van der Waals surface area (Å²) in [5.41, 5.74) is 0. The Morgan fingerprint density at radius 2 is 2.13 bits per heavy atom. The highest BCUT2D eigenvalue weighted by atomic mass is 35.5. The van der Waals surface area contributed by atoms with Crippen molar-refractivity contribution in [1.29, 1.82) is 0 Å². The fraction of sp³-hybridized carbons (Fsp3) is 0.250. The predicted octanol–water partition coefficient (Wildman–Crippen LogP) is 2.10. The second-order valence-electron chi connectivity index (χ2n) is 2.62. The first-order valence-electron chi connectivity index (χ1n) is 3.96. The molecule has 0 saturated carbocycles. The maximum Gasteiger partial charge on any atom is 0.332 e. The van der Waals surface area contributed by atoms with Gasteiger partial charge in [0.1, 0.15) is 4.90 Å². The molecule has 84 valence electrons. The van der Waals surface area contributed by atoms with Crippen molar-refractivity contribution in [2.75, 3.05) is 6.61 Å². The minimum atomic E-state index is -4.86. The summed E-state index contributed by atoms with van der Waals surface area (Å²) >= 11 is 5.50. The Morgan fingerprint density at radius 1 is 1.53 bits per heavy atom. The fourth-order valence-electron chi connectivity index (χ4n) is 0.956. The highest BCUT2D eigenvalue weighted by molar-refractivity contribution is 7.86. The molecule has 0 radical (unpaired) electrons. The van der Waals surface area contributed by atoms with Crippen molar-refractivity contribution in [3.8, 4) is 11.5 Å². The van der Waals surface area contributed by atoms with Crippen molar-refractivity contribution >= 4 is 21.8 Å². The van der Waals surface area contributed by atoms with E-state index in [0.29, 0.717) is 0 Å². The zero-order valence-corrected chi connectivity index (χ0v) is 9.27. The third-order valence-corrected chi connectivity index (χ3v) is 2.67. The third-order valence-electron chi connectivity index (χ3n) is 1.58. The van der Waals surface area contributed by atoms with E-state index >= 15 is 0 Å². The van der Waals surface area contributed by atoms with Crippen LogP contribution >= 0.6 is 11.6 Å². The van der Waals surface area contributed by atoms with E-state index in [1.54, 1.807) is 6.92 Å². The number of rotatable bonds is 3. The van der Waals surface area contributed by atoms with Crippen LogP contribution in [0.4, 0.5) is 3.89 Å². The van der Waals surface area contributed by atoms with E-state index in [9.17, 15) is 17.4 Å². The average molecular weight is 255 g/mol. The summed E-state index contributed by atoms with van der Waals surface area (Å²) in [5.74, 6) is -0.577. The number of phenols is 1. The molecule has 1 aromatic carbocycles. The van der Waals surface area contributed by atoms with Gasteiger partial charge in [-0.25, -0.2) is 0 Å². The van der Waals surface area contributed by atoms with E-state index in [-0.39, 0.29) is 17.4 Å². The summed E-state index contributed by atoms with van der Waals surface area (Å²) in [7, 11) is -4.86. The monoisotopic (exact) mass is 254 g/mol. The van der Waals surface area contributed by atoms with Gasteiger partial charge < -0.3 is 9.84 Å². The standard InChI is InChI=1S/C8H8ClFO4S/c1-2-14-7-4-5(15(10,12)13)3-6(9)8(7)11/h3-4,11H,2H2,1H3. The Morgan fingerprint density at radius 3 is 2.60 bits per heavy atom. The molecule has 0 aliphatic carbocycles. The van der Waals surface area contributed by atoms with Crippen LogP contribution < -0.4 is 4.74 Å². The van der Waals surface area contributed by atoms with Crippen LogP contribution in [-0.4, -0.2) is 20.1 Å². The first kappa shape index (κ1) is 12.1. The van der Waals surface area contributed by atoms with Gasteiger partial charge in [-0.1, -0.05) is 11.6 Å². The first-order chi connectivity index (χ1) is 6.86. The van der Waals surface area contributed by atoms with E-state index in [1.165, 1.54) is 0 Å². The fourth-order valence-corrected chi connectivity index (χ4v) is 1.74. The van der Waals surface area contributed by atoms with Gasteiger partial charge in [0.2, 0.25) is 0 Å². The van der Waals surface area contributed by atoms with Gasteiger partial charge in [0.25, 0.3) is 0 Å². The maximum absolute atomic E-state index is 12.6. The Labute approximate surface area is 91.5 Å². The molecule has 0 atom stereocenters. The molecule has 1 rings (SSSR count). The molecule has 15 heavy (non-hydrogen) atoms. The molecule has 0 aromatic heterocycles. The van der Waals surface area contributed by atoms with Crippen molar-refractivity contribution in [2.45, 2.75) is 11.8 Å². The summed E-state index contributed by atoms with van der Waals surface area (Å²) in [6.45, 7) is 1.82. The van der Waals surface area contributed by atoms with Gasteiger partial charge >= 0.3 is 10.2 Å². The quantitative estimate of drug-likeness (QED) is 0.839. The molecule has 0 saturated heterocycles. The number of halogens is 2. The van der Waals surface area contributed by atoms with Crippen molar-refractivity contribution < 1.29 is 22.1 Å². The predicted molar refractivity (Wildman–Crippen MR) is 52.6 cm³/mol. The topological polar surface area (TPSA) is 63.6 Å². The Balaban J connectivity index is 3.36. The van der Waals surface area contributed by atoms with Crippen LogP contribution in [0.5, 0.6) is 11.5 Å². The lowest BCUT2D eigenvalue weighted by atomic mass is 10.3. The smallest absolute Gasteiger partial charge is 0.332 e. The highest BCUT2D eigenvalue weighted by Crippen LogP contribution is 2.36. The van der Waals surface area contributed by atoms with E-state index in [0.717, 1.165) is 12.1 Å². The molecule has 4 nitrogen and oxygen atoms in total. The van der Waals surface area contributed by atoms with Gasteiger partial charge in [-0.05, 0) is 13.0 Å². The molecule has 0 heterocycles. The van der Waals surface area contributed by atoms with E-state index in [2.05, 4.69) is 0 Å². The molecule has 0 unspecified atom stereocenters. The molecular formula is C8H8ClFO4S. The van der Waals surface area contributed by atoms with Crippen LogP contribution in [0.2, 0.25) is 5.02 Å². The van der Waals surface area contributed by atoms with E-state index in [1.807, 2.05) is 0 Å². The Kier molecular flexibility index (Phi) is 3.41. The number of hydrogen-bond donors (Lipinski definition) is 1. The van der Waals surface area contributed by atoms with Gasteiger partial charge in [0.05, 0.1) is 11.6 Å². The highest BCUT2D eigenvalue weighted by Gasteiger charge is 2.18. The molecule has 0 fully saturated rings. The Bertz CT molecular complexity index is 472. The van der Waals surface area contributed by atoms with E-state index < -0.39 is 20.9 Å². The van der Waals surface area contributed by atoms with E-state index in [4.69, 9.17) is 16.3 Å². The van der Waals surface area contributed by atoms with Gasteiger partial charge in [-0.15, -0.1) is 3.89 Å². The van der Waals surface area contributed by atoms with Gasteiger partial charge in [-0.3, -0.25) is 0 Å². The van der Waals surface area contributed by atoms with Crippen LogP contribution in [0.25, 0.3) is 0 Å². The molecule has 0 aliphatic rings. The normalized spacial score (nSPS) is 11.4. The molecular weight excluding hydrogens is 247 g/mol. The summed E-state index contributed by atoms with van der Waals surface area (Å²) in [5, 5.41) is 9.06. The lowest BCUT2D eigenvalue weighted by Crippen LogP contribution is -1.96. The zero-order chi connectivity index (χ0) is 11.6. The van der Waals surface area contributed by atoms with Crippen LogP contribution in [0.3, 0.4) is 0 Å². The molecule has 0 spiro atoms. The molecule has 1 aromatic rings. The van der Waals surface area contributed by atoms with Crippen molar-refractivity contribution in [1.82, 2.24) is 0 Å². The van der Waals surface area contributed by atoms with Crippen LogP contribution in [0.15, 0.2) is 17.0 Å². The number of benzene rings is 1. The third kappa shape index (κ3) is 2.73. The number of hydrogen-bond acceptors (Lipinski definition) is 4. The minimum Gasteiger partial charge on any atom is -0.503 e. The molecule has 0 bridgehead atoms. The SMILES string of the molecule is CCOc1cc(S(=O)(=O)F)cc(Cl)c1O. The van der Waals surface area contributed by atoms with Crippen molar-refractivity contribution in [3.63, 3.8) is 0 Å². The second kappa shape index (κ2) is 4.24. The maximum atomic E-state index is 12.6. The van der Waals surface area contributed by atoms with Gasteiger partial charge in [0.15, 0.2) is 11.5 Å². The van der Waals surface area contributed by atoms with Gasteiger partial charge in [0, 0.05) is 6.07 Å². The lowest BCUT2D eigenvalue weighted by molar-refractivity contribution is 0.317. The number of aromatic hydroxyl groups is 1. The van der Waals surface area contributed by atoms with Crippen LogP contribution in [0, 0.1) is 0 Å². The van der Waals surface area contributed by atoms with Crippen molar-refractivity contribution in [2.24, 2.45) is 0 Å². The van der Waals surface area contributed by atoms with Crippen molar-refractivity contribution in [3.05, 3.63) is 17.2 Å². The lowest BCUT2D eigenvalue weighted by Gasteiger charge is -2.07. The summed E-state index contributed by atoms with van der Waals surface area (Å²) < 4.78 is 38.7. The second-order valence-corrected chi connectivity index (χ2v) is 4.38. The largest absolute Gasteiger partial charge is 0.503 e. The molecule has 0 aliphatic heterocycles. The summed E-state index contributed by atoms with van der Waals surface area (Å²) in [4.78, 5) is -0.645. The summed E-state index contributed by atoms with van der Waals surface area (Å²) in [6, 6.07) is 1.69. The molecule has 7 heteroatoms. The summed E-state index contributed by atoms with van der Waals surface area (Å²) in [6.07, 6.45) is 0. The molecule has 1 N–H and O–H groups in total. The zero-order valence-electron chi connectivity index (χ0n) is 7.70. The van der Waals surface area contributed by atoms with Crippen LogP contribution in [0.1, 0.15) is 6.92 Å². The first-order valence-corrected chi connectivity index (χ1v) is 5.72. The molecule has 0 amide bonds. The average Bonchev–Trinajstić information content (AvgIpc) is 2.11. The number of phenolic OH excluding ortho intramolecular Hbond substituents is 1. The van der Waals surface area contributed by atoms with Gasteiger partial charge in [-0.2, -0.15) is 8.42 Å². The van der Waals surface area contributed by atoms with Crippen LogP contribution in [-0.2, 0) is 10.2 Å². The number of ether oxygens (including phenoxy) is 1.